The maximum Gasteiger partial charge on any atom is 0.414 e. The topological polar surface area (TPSA) is 90.7 Å². The maximum absolute atomic E-state index is 12.4. The number of carbonyl (C=O) groups excluding carboxylic acids is 2. The van der Waals surface area contributed by atoms with E-state index in [0.29, 0.717) is 5.56 Å². The zero-order chi connectivity index (χ0) is 25.1. The Morgan fingerprint density at radius 3 is 2.14 bits per heavy atom. The lowest BCUT2D eigenvalue weighted by Gasteiger charge is -2.14. The Labute approximate surface area is 209 Å². The van der Waals surface area contributed by atoms with E-state index in [0.717, 1.165) is 40.7 Å². The zero-order valence-corrected chi connectivity index (χ0v) is 20.1. The van der Waals surface area contributed by atoms with Gasteiger partial charge in [-0.05, 0) is 47.6 Å². The lowest BCUT2D eigenvalue weighted by atomic mass is 9.93. The molecule has 5 rings (SSSR count). The van der Waals surface area contributed by atoms with Crippen LogP contribution in [-0.2, 0) is 19.7 Å². The van der Waals surface area contributed by atoms with E-state index in [1.54, 1.807) is 13.1 Å². The van der Waals surface area contributed by atoms with Crippen LogP contribution in [-0.4, -0.2) is 24.3 Å². The average molecular weight is 483 g/mol. The summed E-state index contributed by atoms with van der Waals surface area (Å²) in [5.41, 5.74) is 4.95. The Hall–Kier alpha value is -4.39. The smallest absolute Gasteiger partial charge is 0.414 e. The first-order valence-electron chi connectivity index (χ1n) is 11.8. The number of anilines is 1. The average Bonchev–Trinajstić information content (AvgIpc) is 3.61. The molecule has 1 heterocycles. The second-order valence-electron chi connectivity index (χ2n) is 8.88. The van der Waals surface area contributed by atoms with Gasteiger partial charge in [0.1, 0.15) is 6.10 Å². The predicted octanol–water partition coefficient (Wildman–Crippen LogP) is 6.52. The quantitative estimate of drug-likeness (QED) is 0.302. The highest BCUT2D eigenvalue weighted by Crippen LogP contribution is 2.49. The molecule has 0 aliphatic heterocycles. The van der Waals surface area contributed by atoms with E-state index in [9.17, 15) is 9.59 Å². The molecule has 1 aromatic heterocycles. The molecule has 1 amide bonds. The third kappa shape index (κ3) is 4.60. The van der Waals surface area contributed by atoms with Gasteiger partial charge in [-0.3, -0.25) is 10.1 Å². The fourth-order valence-electron chi connectivity index (χ4n) is 4.37. The predicted molar refractivity (Wildman–Crippen MR) is 135 cm³/mol. The third-order valence-electron chi connectivity index (χ3n) is 6.63. The SMILES string of the molecule is COC(=O)C1(c2ccc(-c3ccc(-c4cnoc4NC(=O)OC(C)c4ccccc4)cc3)cc2)CC1. The van der Waals surface area contributed by atoms with Crippen molar-refractivity contribution in [2.45, 2.75) is 31.3 Å². The first-order valence-corrected chi connectivity index (χ1v) is 11.8. The molecule has 0 bridgehead atoms. The van der Waals surface area contributed by atoms with Gasteiger partial charge >= 0.3 is 12.1 Å². The normalized spacial score (nSPS) is 14.5. The van der Waals surface area contributed by atoms with Crippen LogP contribution in [0.4, 0.5) is 10.7 Å². The second kappa shape index (κ2) is 9.70. The van der Waals surface area contributed by atoms with Crippen LogP contribution in [0.3, 0.4) is 0 Å². The minimum Gasteiger partial charge on any atom is -0.468 e. The summed E-state index contributed by atoms with van der Waals surface area (Å²) < 4.78 is 15.7. The van der Waals surface area contributed by atoms with Crippen LogP contribution in [0.15, 0.2) is 89.6 Å². The molecule has 36 heavy (non-hydrogen) atoms. The van der Waals surface area contributed by atoms with E-state index < -0.39 is 17.6 Å². The van der Waals surface area contributed by atoms with E-state index in [-0.39, 0.29) is 11.9 Å². The number of amides is 1. The standard InChI is InChI=1S/C29H26N2O5/c1-19(20-6-4-3-5-7-20)35-28(33)31-26-25(18-30-36-26)23-10-8-21(9-11-23)22-12-14-24(15-13-22)29(16-17-29)27(32)34-2/h3-15,18-19H,16-17H2,1-2H3,(H,31,33). The van der Waals surface area contributed by atoms with Crippen molar-refractivity contribution in [1.29, 1.82) is 0 Å². The largest absolute Gasteiger partial charge is 0.468 e. The molecular formula is C29H26N2O5. The summed E-state index contributed by atoms with van der Waals surface area (Å²) in [6, 6.07) is 25.4. The summed E-state index contributed by atoms with van der Waals surface area (Å²) in [4.78, 5) is 24.6. The molecule has 7 nitrogen and oxygen atoms in total. The molecule has 1 saturated carbocycles. The van der Waals surface area contributed by atoms with Crippen molar-refractivity contribution < 1.29 is 23.6 Å². The number of carbonyl (C=O) groups is 2. The van der Waals surface area contributed by atoms with Gasteiger partial charge in [-0.25, -0.2) is 4.79 Å². The lowest BCUT2D eigenvalue weighted by molar-refractivity contribution is -0.143. The monoisotopic (exact) mass is 482 g/mol. The number of hydrogen-bond donors (Lipinski definition) is 1. The minimum atomic E-state index is -0.624. The number of rotatable bonds is 7. The molecule has 0 radical (unpaired) electrons. The van der Waals surface area contributed by atoms with E-state index in [1.165, 1.54) is 7.11 Å². The van der Waals surface area contributed by atoms with Gasteiger partial charge in [0.2, 0.25) is 5.88 Å². The van der Waals surface area contributed by atoms with Crippen molar-refractivity contribution in [3.63, 3.8) is 0 Å². The lowest BCUT2D eigenvalue weighted by Crippen LogP contribution is -2.21. The van der Waals surface area contributed by atoms with Crippen molar-refractivity contribution in [2.75, 3.05) is 12.4 Å². The number of esters is 1. The van der Waals surface area contributed by atoms with E-state index >= 15 is 0 Å². The van der Waals surface area contributed by atoms with Crippen LogP contribution in [0.1, 0.15) is 37.0 Å². The Kier molecular flexibility index (Phi) is 6.29. The van der Waals surface area contributed by atoms with E-state index in [4.69, 9.17) is 14.0 Å². The molecule has 3 aromatic carbocycles. The minimum absolute atomic E-state index is 0.170. The Bertz CT molecular complexity index is 1360. The molecule has 1 unspecified atom stereocenters. The summed E-state index contributed by atoms with van der Waals surface area (Å²) in [6.07, 6.45) is 2.16. The Morgan fingerprint density at radius 1 is 0.917 bits per heavy atom. The van der Waals surface area contributed by atoms with Gasteiger partial charge in [0.15, 0.2) is 0 Å². The molecule has 7 heteroatoms. The van der Waals surface area contributed by atoms with Crippen molar-refractivity contribution in [3.8, 4) is 22.3 Å². The highest BCUT2D eigenvalue weighted by Gasteiger charge is 2.52. The molecular weight excluding hydrogens is 456 g/mol. The number of nitrogens with one attached hydrogen (secondary N) is 1. The van der Waals surface area contributed by atoms with Crippen LogP contribution in [0.25, 0.3) is 22.3 Å². The second-order valence-corrected chi connectivity index (χ2v) is 8.88. The van der Waals surface area contributed by atoms with Gasteiger partial charge < -0.3 is 14.0 Å². The fourth-order valence-corrected chi connectivity index (χ4v) is 4.37. The summed E-state index contributed by atoms with van der Waals surface area (Å²) in [7, 11) is 1.43. The summed E-state index contributed by atoms with van der Waals surface area (Å²) >= 11 is 0. The number of nitrogens with zero attached hydrogens (tertiary/aromatic N) is 1. The highest BCUT2D eigenvalue weighted by atomic mass is 16.6. The van der Waals surface area contributed by atoms with Crippen molar-refractivity contribution in [1.82, 2.24) is 5.16 Å². The number of ether oxygens (including phenoxy) is 2. The number of hydrogen-bond acceptors (Lipinski definition) is 6. The summed E-state index contributed by atoms with van der Waals surface area (Å²) in [5, 5.41) is 6.49. The molecule has 1 atom stereocenters. The van der Waals surface area contributed by atoms with Gasteiger partial charge in [0, 0.05) is 0 Å². The fraction of sp³-hybridized carbons (Fsp3) is 0.207. The number of aromatic nitrogens is 1. The number of benzene rings is 3. The third-order valence-corrected chi connectivity index (χ3v) is 6.63. The molecule has 182 valence electrons. The molecule has 1 aliphatic rings. The molecule has 1 N–H and O–H groups in total. The van der Waals surface area contributed by atoms with Crippen LogP contribution < -0.4 is 5.32 Å². The van der Waals surface area contributed by atoms with Gasteiger partial charge in [0.05, 0.1) is 24.3 Å². The van der Waals surface area contributed by atoms with Crippen molar-refractivity contribution in [3.05, 3.63) is 96.2 Å². The maximum atomic E-state index is 12.4. The first-order chi connectivity index (χ1) is 17.5. The van der Waals surface area contributed by atoms with Crippen molar-refractivity contribution >= 4 is 17.9 Å². The van der Waals surface area contributed by atoms with Crippen LogP contribution in [0, 0.1) is 0 Å². The molecule has 1 fully saturated rings. The zero-order valence-electron chi connectivity index (χ0n) is 20.1. The van der Waals surface area contributed by atoms with Crippen LogP contribution in [0.2, 0.25) is 0 Å². The Balaban J connectivity index is 1.27. The summed E-state index contributed by atoms with van der Waals surface area (Å²) in [6.45, 7) is 1.81. The van der Waals surface area contributed by atoms with Crippen molar-refractivity contribution in [2.24, 2.45) is 0 Å². The van der Waals surface area contributed by atoms with Gasteiger partial charge in [0.25, 0.3) is 0 Å². The highest BCUT2D eigenvalue weighted by molar-refractivity contribution is 5.89. The Morgan fingerprint density at radius 2 is 1.53 bits per heavy atom. The van der Waals surface area contributed by atoms with Crippen LogP contribution in [0.5, 0.6) is 0 Å². The molecule has 0 saturated heterocycles. The van der Waals surface area contributed by atoms with Gasteiger partial charge in [-0.1, -0.05) is 84.0 Å². The first kappa shape index (κ1) is 23.4. The molecule has 4 aromatic rings. The van der Waals surface area contributed by atoms with Gasteiger partial charge in [-0.15, -0.1) is 0 Å². The molecule has 1 aliphatic carbocycles. The number of methoxy groups -OCH3 is 1. The van der Waals surface area contributed by atoms with E-state index in [2.05, 4.69) is 10.5 Å². The summed E-state index contributed by atoms with van der Waals surface area (Å²) in [5.74, 6) is 0.0473. The van der Waals surface area contributed by atoms with Gasteiger partial charge in [-0.2, -0.15) is 0 Å². The molecule has 0 spiro atoms. The van der Waals surface area contributed by atoms with Crippen LogP contribution >= 0.6 is 0 Å². The van der Waals surface area contributed by atoms with E-state index in [1.807, 2.05) is 78.9 Å².